The van der Waals surface area contributed by atoms with Crippen LogP contribution in [-0.2, 0) is 0 Å². The highest BCUT2D eigenvalue weighted by Crippen LogP contribution is 2.44. The minimum Gasteiger partial charge on any atom is -0.334 e. The van der Waals surface area contributed by atoms with Gasteiger partial charge >= 0.3 is 0 Å². The second-order valence-corrected chi connectivity index (χ2v) is 12.9. The predicted octanol–water partition coefficient (Wildman–Crippen LogP) is 12.8. The molecule has 1 aliphatic heterocycles. The number of benzene rings is 6. The fourth-order valence-corrected chi connectivity index (χ4v) is 7.27. The average molecular weight is 672 g/mol. The Balaban J connectivity index is 1.23. The van der Waals surface area contributed by atoms with E-state index < -0.39 is 0 Å². The fraction of sp³-hybridized carbons (Fsp3) is 0.0426. The van der Waals surface area contributed by atoms with Gasteiger partial charge in [-0.15, -0.1) is 0 Å². The van der Waals surface area contributed by atoms with Gasteiger partial charge in [0.05, 0.1) is 6.04 Å². The number of hydrogen-bond donors (Lipinski definition) is 0. The zero-order valence-corrected chi connectivity index (χ0v) is 28.7. The monoisotopic (exact) mass is 671 g/mol. The summed E-state index contributed by atoms with van der Waals surface area (Å²) in [4.78, 5) is 14.6. The van der Waals surface area contributed by atoms with Crippen LogP contribution >= 0.6 is 0 Å². The highest BCUT2D eigenvalue weighted by atomic mass is 15.3. The van der Waals surface area contributed by atoms with Crippen molar-refractivity contribution in [1.82, 2.24) is 4.98 Å². The van der Waals surface area contributed by atoms with Crippen LogP contribution in [0.5, 0.6) is 0 Å². The topological polar surface area (TPSA) is 25.9 Å². The van der Waals surface area contributed by atoms with Gasteiger partial charge in [0.1, 0.15) is 11.6 Å². The van der Waals surface area contributed by atoms with E-state index in [1.54, 1.807) is 0 Å². The molecule has 1 atom stereocenters. The normalized spacial score (nSPS) is 14.8. The number of pyridine rings is 1. The van der Waals surface area contributed by atoms with E-state index >= 15 is 0 Å². The number of allylic oxidation sites excluding steroid dienone is 2. The van der Waals surface area contributed by atoms with Crippen LogP contribution in [0.15, 0.2) is 206 Å². The second-order valence-electron chi connectivity index (χ2n) is 12.9. The standard InChI is InChI=1S/C47H37N5/c1-5-16-36(17-6-1)49(37-18-7-2-8-19-37)40-30-32-41(33-31-40)50-42-24-13-26-44(34-42)51(38-20-9-3-10-21-38)46-28-15-29-47(48-46)52(39-22-11-4-12-23-39)45-27-14-25-43(50)35-45/h1-18,20-35,37H,19H2. The summed E-state index contributed by atoms with van der Waals surface area (Å²) < 4.78 is 0. The van der Waals surface area contributed by atoms with E-state index in [-0.39, 0.29) is 6.04 Å². The van der Waals surface area contributed by atoms with E-state index in [1.165, 1.54) is 5.69 Å². The van der Waals surface area contributed by atoms with E-state index in [9.17, 15) is 0 Å². The van der Waals surface area contributed by atoms with E-state index in [1.807, 2.05) is 0 Å². The van der Waals surface area contributed by atoms with Gasteiger partial charge in [-0.3, -0.25) is 9.80 Å². The molecule has 7 aromatic rings. The van der Waals surface area contributed by atoms with Gasteiger partial charge in [0.15, 0.2) is 0 Å². The van der Waals surface area contributed by atoms with Crippen LogP contribution in [0.3, 0.4) is 0 Å². The average Bonchev–Trinajstić information content (AvgIpc) is 3.21. The number of para-hydroxylation sites is 3. The summed E-state index contributed by atoms with van der Waals surface area (Å²) in [6.45, 7) is 0. The maximum atomic E-state index is 5.32. The predicted molar refractivity (Wildman–Crippen MR) is 217 cm³/mol. The molecule has 0 saturated carbocycles. The Labute approximate surface area is 305 Å². The van der Waals surface area contributed by atoms with Crippen molar-refractivity contribution in [1.29, 1.82) is 0 Å². The minimum absolute atomic E-state index is 0.229. The van der Waals surface area contributed by atoms with Crippen molar-refractivity contribution in [2.45, 2.75) is 12.5 Å². The van der Waals surface area contributed by atoms with Gasteiger partial charge in [0.25, 0.3) is 0 Å². The maximum Gasteiger partial charge on any atom is 0.140 e. The summed E-state index contributed by atoms with van der Waals surface area (Å²) in [5.74, 6) is 1.67. The third-order valence-corrected chi connectivity index (χ3v) is 9.61. The first-order valence-corrected chi connectivity index (χ1v) is 17.8. The van der Waals surface area contributed by atoms with Gasteiger partial charge in [-0.1, -0.05) is 97.1 Å². The van der Waals surface area contributed by atoms with Crippen molar-refractivity contribution in [3.8, 4) is 0 Å². The van der Waals surface area contributed by atoms with Gasteiger partial charge in [-0.25, -0.2) is 4.98 Å². The molecule has 2 heterocycles. The van der Waals surface area contributed by atoms with Crippen molar-refractivity contribution < 1.29 is 0 Å². The highest BCUT2D eigenvalue weighted by Gasteiger charge is 2.24. The van der Waals surface area contributed by atoms with Crippen LogP contribution in [0.4, 0.5) is 62.8 Å². The number of fused-ring (bicyclic) bond motifs is 6. The molecule has 0 saturated heterocycles. The van der Waals surface area contributed by atoms with Crippen LogP contribution in [0.1, 0.15) is 6.42 Å². The maximum absolute atomic E-state index is 5.32. The first kappa shape index (κ1) is 31.2. The van der Waals surface area contributed by atoms with Crippen LogP contribution in [0.2, 0.25) is 0 Å². The van der Waals surface area contributed by atoms with Crippen molar-refractivity contribution in [2.75, 3.05) is 19.6 Å². The Hall–Kier alpha value is -6.85. The molecule has 52 heavy (non-hydrogen) atoms. The van der Waals surface area contributed by atoms with Gasteiger partial charge in [0, 0.05) is 51.2 Å². The second kappa shape index (κ2) is 13.8. The van der Waals surface area contributed by atoms with Crippen LogP contribution in [-0.4, -0.2) is 11.0 Å². The molecular weight excluding hydrogens is 635 g/mol. The molecule has 0 spiro atoms. The summed E-state index contributed by atoms with van der Waals surface area (Å²) in [7, 11) is 0. The Morgan fingerprint density at radius 2 is 0.846 bits per heavy atom. The zero-order valence-electron chi connectivity index (χ0n) is 28.7. The molecule has 5 nitrogen and oxygen atoms in total. The molecule has 0 fully saturated rings. The van der Waals surface area contributed by atoms with E-state index in [0.717, 1.165) is 63.6 Å². The number of hydrogen-bond acceptors (Lipinski definition) is 5. The molecule has 0 radical (unpaired) electrons. The van der Waals surface area contributed by atoms with Gasteiger partial charge in [-0.05, 0) is 116 Å². The Bertz CT molecular complexity index is 2250. The van der Waals surface area contributed by atoms with Gasteiger partial charge < -0.3 is 9.80 Å². The lowest BCUT2D eigenvalue weighted by molar-refractivity contribution is 0.785. The molecule has 9 rings (SSSR count). The van der Waals surface area contributed by atoms with Crippen molar-refractivity contribution >= 4 is 62.8 Å². The van der Waals surface area contributed by atoms with Crippen LogP contribution < -0.4 is 19.6 Å². The smallest absolute Gasteiger partial charge is 0.140 e. The van der Waals surface area contributed by atoms with Crippen LogP contribution in [0, 0.1) is 0 Å². The van der Waals surface area contributed by atoms with Crippen molar-refractivity contribution in [3.05, 3.63) is 206 Å². The fourth-order valence-electron chi connectivity index (χ4n) is 7.27. The summed E-state index contributed by atoms with van der Waals surface area (Å²) in [5, 5.41) is 0. The van der Waals surface area contributed by atoms with Gasteiger partial charge in [-0.2, -0.15) is 0 Å². The Morgan fingerprint density at radius 3 is 1.37 bits per heavy atom. The summed E-state index contributed by atoms with van der Waals surface area (Å²) in [5.41, 5.74) is 9.59. The molecule has 5 heteroatoms. The third kappa shape index (κ3) is 5.99. The SMILES string of the molecule is C1=CCC(N(c2ccccc2)c2ccc(N3c4cccc(c4)N(c4ccccc4)c4cccc(n4)N(c4ccccc4)c4cccc3c4)cc2)C=C1. The lowest BCUT2D eigenvalue weighted by Crippen LogP contribution is -2.29. The van der Waals surface area contributed by atoms with Gasteiger partial charge in [0.2, 0.25) is 0 Å². The Morgan fingerprint density at radius 1 is 0.404 bits per heavy atom. The molecule has 1 aromatic heterocycles. The van der Waals surface area contributed by atoms with Crippen molar-refractivity contribution in [3.63, 3.8) is 0 Å². The van der Waals surface area contributed by atoms with E-state index in [4.69, 9.17) is 4.98 Å². The minimum atomic E-state index is 0.229. The number of nitrogens with zero attached hydrogens (tertiary/aromatic N) is 5. The largest absolute Gasteiger partial charge is 0.334 e. The molecule has 6 aromatic carbocycles. The summed E-state index contributed by atoms with van der Waals surface area (Å²) in [6, 6.07) is 64.6. The van der Waals surface area contributed by atoms with Crippen molar-refractivity contribution in [2.24, 2.45) is 0 Å². The van der Waals surface area contributed by atoms with E-state index in [0.29, 0.717) is 0 Å². The first-order valence-electron chi connectivity index (χ1n) is 17.8. The molecule has 250 valence electrons. The number of aromatic nitrogens is 1. The molecular formula is C47H37N5. The highest BCUT2D eigenvalue weighted by molar-refractivity contribution is 5.86. The third-order valence-electron chi connectivity index (χ3n) is 9.61. The molecule has 0 N–H and O–H groups in total. The number of anilines is 11. The Kier molecular flexibility index (Phi) is 8.27. The quantitative estimate of drug-likeness (QED) is 0.175. The zero-order chi connectivity index (χ0) is 34.7. The molecule has 0 amide bonds. The molecule has 1 unspecified atom stereocenters. The lowest BCUT2D eigenvalue weighted by Gasteiger charge is -2.34. The van der Waals surface area contributed by atoms with Crippen LogP contribution in [0.25, 0.3) is 0 Å². The summed E-state index contributed by atoms with van der Waals surface area (Å²) in [6.07, 6.45) is 9.76. The lowest BCUT2D eigenvalue weighted by atomic mass is 10.0. The number of rotatable bonds is 6. The van der Waals surface area contributed by atoms with E-state index in [2.05, 4.69) is 226 Å². The first-order chi connectivity index (χ1) is 25.8. The molecule has 1 aliphatic carbocycles. The summed E-state index contributed by atoms with van der Waals surface area (Å²) >= 11 is 0. The molecule has 2 aliphatic rings. The molecule has 6 bridgehead atoms.